The molecular formula is C89H136O17P2. The molecule has 0 amide bonds. The van der Waals surface area contributed by atoms with Crippen LogP contribution >= 0.6 is 15.6 Å². The Labute approximate surface area is 651 Å². The van der Waals surface area contributed by atoms with E-state index in [1.54, 1.807) is 0 Å². The van der Waals surface area contributed by atoms with Gasteiger partial charge in [-0.15, -0.1) is 0 Å². The molecule has 17 nitrogen and oxygen atoms in total. The van der Waals surface area contributed by atoms with Gasteiger partial charge in [0.1, 0.15) is 19.3 Å². The first kappa shape index (κ1) is 101. The molecule has 0 heterocycles. The first-order chi connectivity index (χ1) is 52.7. The zero-order valence-electron chi connectivity index (χ0n) is 65.9. The summed E-state index contributed by atoms with van der Waals surface area (Å²) >= 11 is 0. The first-order valence-electron chi connectivity index (χ1n) is 39.6. The second-order valence-corrected chi connectivity index (χ2v) is 28.0. The Kier molecular flexibility index (Phi) is 73.3. The molecule has 19 heteroatoms. The maximum Gasteiger partial charge on any atom is 0.472 e. The third-order valence-corrected chi connectivity index (χ3v) is 17.0. The van der Waals surface area contributed by atoms with Crippen LogP contribution in [-0.2, 0) is 65.4 Å². The normalized spacial score (nSPS) is 15.1. The standard InChI is InChI=1S/C89H136O17P2/c1-5-9-13-17-21-25-29-33-37-40-41-44-47-50-54-58-62-66-70-74-87(92)100-79-84(105-88(93)75-71-67-63-59-55-51-45-36-32-28-24-20-16-12-8-4)81-103-107(95,96)101-77-83(90)78-102-108(97,98)104-82-85(106-89(94)76-72-68-64-60-56-52-48-43-39-35-31-27-23-19-15-11-7-3)80-99-86(91)73-69-65-61-57-53-49-46-42-38-34-30-26-22-18-14-10-6-2/h9-16,21-28,33-39,41,44-46,48-50,52,54-55,57,59,61-62,66,83-85,90H,5-8,17-20,29-32,40,42-43,47,51,53,56,58,60,63-65,67-82H2,1-4H3,(H,95,96)(H,97,98)/b13-9-,14-10-,15-11-,16-12-,25-21-,26-22-,27-23-,28-24-,37-33-,38-34-,39-35-,44-41-,45-36-,49-46-,52-48-,54-50-,59-55-,61-57-,66-62-. The fourth-order valence-corrected chi connectivity index (χ4v) is 10.8. The monoisotopic (exact) mass is 1540 g/mol. The molecule has 3 N–H and O–H groups in total. The van der Waals surface area contributed by atoms with Crippen molar-refractivity contribution in [3.05, 3.63) is 231 Å². The summed E-state index contributed by atoms with van der Waals surface area (Å²) in [4.78, 5) is 73.0. The van der Waals surface area contributed by atoms with Crippen molar-refractivity contribution in [1.82, 2.24) is 0 Å². The Balaban J connectivity index is 5.58. The van der Waals surface area contributed by atoms with Gasteiger partial charge in [-0.3, -0.25) is 37.3 Å². The third kappa shape index (κ3) is 77.3. The van der Waals surface area contributed by atoms with E-state index in [2.05, 4.69) is 222 Å². The summed E-state index contributed by atoms with van der Waals surface area (Å²) in [5, 5.41) is 10.6. The van der Waals surface area contributed by atoms with Crippen molar-refractivity contribution >= 4 is 39.5 Å². The lowest BCUT2D eigenvalue weighted by Gasteiger charge is -2.21. The zero-order chi connectivity index (χ0) is 78.9. The molecule has 0 saturated carbocycles. The lowest BCUT2D eigenvalue weighted by atomic mass is 10.1. The van der Waals surface area contributed by atoms with Crippen molar-refractivity contribution < 1.29 is 80.2 Å². The summed E-state index contributed by atoms with van der Waals surface area (Å²) in [5.41, 5.74) is 0. The molecule has 0 aromatic rings. The van der Waals surface area contributed by atoms with E-state index in [-0.39, 0.29) is 25.7 Å². The number of esters is 4. The van der Waals surface area contributed by atoms with Gasteiger partial charge in [-0.1, -0.05) is 271 Å². The Hall–Kier alpha value is -6.88. The number of aliphatic hydroxyl groups is 1. The lowest BCUT2D eigenvalue weighted by Crippen LogP contribution is -2.30. The van der Waals surface area contributed by atoms with Crippen LogP contribution in [0.1, 0.15) is 246 Å². The zero-order valence-corrected chi connectivity index (χ0v) is 67.7. The molecule has 0 aliphatic carbocycles. The molecule has 0 aliphatic heterocycles. The van der Waals surface area contributed by atoms with Crippen LogP contribution in [0, 0.1) is 0 Å². The number of rotatable bonds is 71. The van der Waals surface area contributed by atoms with Gasteiger partial charge in [-0.2, -0.15) is 0 Å². The number of carbonyl (C=O) groups excluding carboxylic acids is 4. The van der Waals surface area contributed by atoms with Crippen LogP contribution in [0.15, 0.2) is 231 Å². The predicted molar refractivity (Wildman–Crippen MR) is 444 cm³/mol. The Morgan fingerprint density at radius 2 is 0.481 bits per heavy atom. The maximum absolute atomic E-state index is 13.1. The molecule has 604 valence electrons. The fourth-order valence-electron chi connectivity index (χ4n) is 9.26. The fraction of sp³-hybridized carbons (Fsp3) is 0.528. The number of ether oxygens (including phenoxy) is 4. The van der Waals surface area contributed by atoms with Crippen LogP contribution in [0.4, 0.5) is 0 Å². The van der Waals surface area contributed by atoms with Crippen LogP contribution < -0.4 is 0 Å². The molecule has 5 atom stereocenters. The molecule has 0 bridgehead atoms. The number of hydrogen-bond donors (Lipinski definition) is 3. The summed E-state index contributed by atoms with van der Waals surface area (Å²) < 4.78 is 68.4. The van der Waals surface area contributed by atoms with Gasteiger partial charge in [-0.05, 0) is 180 Å². The van der Waals surface area contributed by atoms with E-state index >= 15 is 0 Å². The number of phosphoric acid groups is 2. The predicted octanol–water partition coefficient (Wildman–Crippen LogP) is 23.4. The second kappa shape index (κ2) is 78.2. The Bertz CT molecular complexity index is 2960. The Morgan fingerprint density at radius 1 is 0.259 bits per heavy atom. The highest BCUT2D eigenvalue weighted by molar-refractivity contribution is 7.47. The number of hydrogen-bond acceptors (Lipinski definition) is 15. The topological polar surface area (TPSA) is 237 Å². The van der Waals surface area contributed by atoms with Gasteiger partial charge in [0.15, 0.2) is 12.2 Å². The average Bonchev–Trinajstić information content (AvgIpc) is 0.901. The second-order valence-electron chi connectivity index (χ2n) is 25.1. The van der Waals surface area contributed by atoms with E-state index in [0.717, 1.165) is 148 Å². The van der Waals surface area contributed by atoms with Gasteiger partial charge >= 0.3 is 39.5 Å². The van der Waals surface area contributed by atoms with Crippen molar-refractivity contribution in [2.75, 3.05) is 39.6 Å². The van der Waals surface area contributed by atoms with Crippen molar-refractivity contribution in [1.29, 1.82) is 0 Å². The van der Waals surface area contributed by atoms with Crippen molar-refractivity contribution in [2.24, 2.45) is 0 Å². The maximum atomic E-state index is 13.1. The molecule has 0 radical (unpaired) electrons. The van der Waals surface area contributed by atoms with Crippen molar-refractivity contribution in [3.63, 3.8) is 0 Å². The van der Waals surface area contributed by atoms with Crippen LogP contribution in [0.2, 0.25) is 0 Å². The summed E-state index contributed by atoms with van der Waals surface area (Å²) in [5.74, 6) is -2.45. The highest BCUT2D eigenvalue weighted by Gasteiger charge is 2.30. The number of carbonyl (C=O) groups is 4. The smallest absolute Gasteiger partial charge is 0.462 e. The molecule has 0 rings (SSSR count). The number of aliphatic hydroxyl groups excluding tert-OH is 1. The quantitative estimate of drug-likeness (QED) is 0.0169. The van der Waals surface area contributed by atoms with E-state index in [9.17, 15) is 43.2 Å². The minimum atomic E-state index is -5.03. The molecule has 0 saturated heterocycles. The van der Waals surface area contributed by atoms with Crippen LogP contribution in [0.3, 0.4) is 0 Å². The van der Waals surface area contributed by atoms with Gasteiger partial charge in [0.25, 0.3) is 0 Å². The third-order valence-electron chi connectivity index (χ3n) is 15.1. The highest BCUT2D eigenvalue weighted by atomic mass is 31.2. The minimum absolute atomic E-state index is 0.0141. The first-order valence-corrected chi connectivity index (χ1v) is 42.6. The molecule has 0 aromatic heterocycles. The molecule has 0 aliphatic rings. The summed E-state index contributed by atoms with van der Waals surface area (Å²) in [7, 11) is -10.0. The van der Waals surface area contributed by atoms with Crippen LogP contribution in [-0.4, -0.2) is 96.7 Å². The van der Waals surface area contributed by atoms with E-state index in [4.69, 9.17) is 37.0 Å². The minimum Gasteiger partial charge on any atom is -0.462 e. The SMILES string of the molecule is CC/C=C\C/C=C\C/C=C\C/C=C\C/C=C\C/C=C\CCC(=O)OCC(COP(=O)(O)OCC(O)COP(=O)(O)OCC(COC(=O)CCC/C=C\C/C=C\C/C=C\C/C=C\C/C=C\CC)OC(=O)CCCCCC/C=C\C/C=C\C/C=C\C/C=C\CC)OC(=O)CCCC/C=C\C/C=C\C/C=C\C/C=C\CC. The van der Waals surface area contributed by atoms with Gasteiger partial charge < -0.3 is 33.8 Å². The summed E-state index contributed by atoms with van der Waals surface area (Å²) in [6, 6.07) is 0. The molecule has 5 unspecified atom stereocenters. The molecule has 108 heavy (non-hydrogen) atoms. The highest BCUT2D eigenvalue weighted by Crippen LogP contribution is 2.45. The average molecular weight is 1540 g/mol. The lowest BCUT2D eigenvalue weighted by molar-refractivity contribution is -0.161. The molecule has 0 aromatic carbocycles. The largest absolute Gasteiger partial charge is 0.472 e. The van der Waals surface area contributed by atoms with E-state index < -0.39 is 97.5 Å². The van der Waals surface area contributed by atoms with Crippen LogP contribution in [0.25, 0.3) is 0 Å². The molecule has 0 spiro atoms. The molecular weight excluding hydrogens is 1400 g/mol. The van der Waals surface area contributed by atoms with Gasteiger partial charge in [-0.25, -0.2) is 9.13 Å². The number of phosphoric ester groups is 2. The van der Waals surface area contributed by atoms with Crippen LogP contribution in [0.5, 0.6) is 0 Å². The van der Waals surface area contributed by atoms with Crippen molar-refractivity contribution in [2.45, 2.75) is 264 Å². The van der Waals surface area contributed by atoms with E-state index in [0.29, 0.717) is 44.9 Å². The van der Waals surface area contributed by atoms with Gasteiger partial charge in [0.2, 0.25) is 0 Å². The molecule has 0 fully saturated rings. The summed E-state index contributed by atoms with van der Waals surface area (Å²) in [6.07, 6.45) is 101. The van der Waals surface area contributed by atoms with Gasteiger partial charge in [0.05, 0.1) is 26.4 Å². The van der Waals surface area contributed by atoms with Gasteiger partial charge in [0, 0.05) is 25.7 Å². The van der Waals surface area contributed by atoms with E-state index in [1.165, 1.54) is 0 Å². The number of allylic oxidation sites excluding steroid dienone is 38. The summed E-state index contributed by atoms with van der Waals surface area (Å²) in [6.45, 7) is 4.13. The Morgan fingerprint density at radius 3 is 0.787 bits per heavy atom. The van der Waals surface area contributed by atoms with E-state index in [1.807, 2.05) is 36.5 Å². The number of unbranched alkanes of at least 4 members (excludes halogenated alkanes) is 7. The van der Waals surface area contributed by atoms with Crippen molar-refractivity contribution in [3.8, 4) is 0 Å².